The first kappa shape index (κ1) is 30.1. The molecule has 1 N–H and O–H groups in total. The molecule has 6 heteroatoms. The average Bonchev–Trinajstić information content (AvgIpc) is 2.98. The zero-order valence-electron chi connectivity index (χ0n) is 25.4. The van der Waals surface area contributed by atoms with Crippen LogP contribution in [0.1, 0.15) is 69.6 Å². The van der Waals surface area contributed by atoms with Gasteiger partial charge in [0.15, 0.2) is 0 Å². The zero-order chi connectivity index (χ0) is 29.9. The minimum Gasteiger partial charge on any atom is -0.543 e. The molecular formula is C36H42O4SSi. The summed E-state index contributed by atoms with van der Waals surface area (Å²) >= 11 is 1.79. The van der Waals surface area contributed by atoms with Crippen LogP contribution in [-0.4, -0.2) is 13.4 Å². The molecule has 0 aromatic heterocycles. The molecule has 0 radical (unpaired) electrons. The largest absolute Gasteiger partial charge is 0.543 e. The smallest absolute Gasteiger partial charge is 0.258 e. The summed E-state index contributed by atoms with van der Waals surface area (Å²) in [6.07, 6.45) is -0.239. The Labute approximate surface area is 256 Å². The highest BCUT2D eigenvalue weighted by Gasteiger charge is 2.47. The van der Waals surface area contributed by atoms with Gasteiger partial charge in [-0.3, -0.25) is 0 Å². The number of phenolic OH excluding ortho intramolecular Hbond substituents is 1. The van der Waals surface area contributed by atoms with Crippen LogP contribution >= 0.6 is 11.8 Å². The maximum Gasteiger partial charge on any atom is 0.258 e. The highest BCUT2D eigenvalue weighted by Crippen LogP contribution is 2.54. The number of benzene rings is 4. The molecule has 4 aromatic rings. The molecule has 0 aliphatic carbocycles. The Morgan fingerprint density at radius 2 is 1.43 bits per heavy atom. The second kappa shape index (κ2) is 12.9. The van der Waals surface area contributed by atoms with Crippen molar-refractivity contribution >= 4 is 20.1 Å². The van der Waals surface area contributed by atoms with Crippen LogP contribution in [0.15, 0.2) is 102 Å². The monoisotopic (exact) mass is 598 g/mol. The number of fused-ring (bicyclic) bond motifs is 1. The molecule has 42 heavy (non-hydrogen) atoms. The van der Waals surface area contributed by atoms with Crippen LogP contribution in [0.4, 0.5) is 0 Å². The lowest BCUT2D eigenvalue weighted by Gasteiger charge is -2.42. The quantitative estimate of drug-likeness (QED) is 0.184. The van der Waals surface area contributed by atoms with Crippen LogP contribution < -0.4 is 13.9 Å². The Bertz CT molecular complexity index is 1450. The van der Waals surface area contributed by atoms with E-state index in [0.717, 1.165) is 38.8 Å². The Balaban J connectivity index is 1.48. The summed E-state index contributed by atoms with van der Waals surface area (Å²) in [6, 6.07) is 32.2. The van der Waals surface area contributed by atoms with Crippen molar-refractivity contribution in [1.82, 2.24) is 0 Å². The molecule has 220 valence electrons. The standard InChI is InChI=1S/C36H42O4SSi/c1-24(2)42(25(3)4,26(5)6)40-32-14-10-13-29(21-32)36-35(28-15-17-30(37)18-16-28)39-33-20-19-31(22-34(33)41-36)38-23-27-11-8-7-9-12-27/h7-22,24-26,35-37H,23H2,1-6H3/t35-,36+/m0/s1. The van der Waals surface area contributed by atoms with Crippen molar-refractivity contribution in [3.05, 3.63) is 114 Å². The predicted molar refractivity (Wildman–Crippen MR) is 175 cm³/mol. The van der Waals surface area contributed by atoms with Gasteiger partial charge in [-0.2, -0.15) is 0 Å². The van der Waals surface area contributed by atoms with E-state index < -0.39 is 8.32 Å². The Hall–Kier alpha value is -3.35. The second-order valence-electron chi connectivity index (χ2n) is 12.0. The number of phenols is 1. The summed E-state index contributed by atoms with van der Waals surface area (Å²) in [5, 5.41) is 9.94. The molecule has 1 aliphatic heterocycles. The fourth-order valence-electron chi connectivity index (χ4n) is 6.37. The molecule has 1 heterocycles. The van der Waals surface area contributed by atoms with E-state index in [1.165, 1.54) is 0 Å². The summed E-state index contributed by atoms with van der Waals surface area (Å²) in [6.45, 7) is 14.4. The lowest BCUT2D eigenvalue weighted by molar-refractivity contribution is 0.190. The van der Waals surface area contributed by atoms with E-state index in [1.54, 1.807) is 23.9 Å². The molecule has 4 nitrogen and oxygen atoms in total. The molecule has 0 spiro atoms. The summed E-state index contributed by atoms with van der Waals surface area (Å²) in [4.78, 5) is 1.04. The van der Waals surface area contributed by atoms with Gasteiger partial charge in [-0.05, 0) is 75.8 Å². The third-order valence-corrected chi connectivity index (χ3v) is 15.7. The number of hydrogen-bond acceptors (Lipinski definition) is 5. The summed E-state index contributed by atoms with van der Waals surface area (Å²) < 4.78 is 19.9. The molecule has 2 atom stereocenters. The van der Waals surface area contributed by atoms with Crippen molar-refractivity contribution in [2.75, 3.05) is 0 Å². The molecule has 0 bridgehead atoms. The number of aromatic hydroxyl groups is 1. The van der Waals surface area contributed by atoms with Crippen LogP contribution in [0.25, 0.3) is 0 Å². The van der Waals surface area contributed by atoms with E-state index in [0.29, 0.717) is 23.2 Å². The second-order valence-corrected chi connectivity index (χ2v) is 18.6. The van der Waals surface area contributed by atoms with Gasteiger partial charge in [0.05, 0.1) is 10.1 Å². The van der Waals surface area contributed by atoms with Crippen LogP contribution in [0, 0.1) is 0 Å². The number of thioether (sulfide) groups is 1. The molecule has 0 saturated heterocycles. The molecule has 0 unspecified atom stereocenters. The van der Waals surface area contributed by atoms with E-state index in [1.807, 2.05) is 42.5 Å². The number of rotatable bonds is 10. The van der Waals surface area contributed by atoms with Crippen LogP contribution in [-0.2, 0) is 6.61 Å². The van der Waals surface area contributed by atoms with Crippen molar-refractivity contribution in [3.63, 3.8) is 0 Å². The van der Waals surface area contributed by atoms with Crippen LogP contribution in [0.2, 0.25) is 16.6 Å². The van der Waals surface area contributed by atoms with Gasteiger partial charge >= 0.3 is 0 Å². The highest BCUT2D eigenvalue weighted by molar-refractivity contribution is 7.99. The third kappa shape index (κ3) is 6.35. The maximum absolute atomic E-state index is 9.97. The van der Waals surface area contributed by atoms with Gasteiger partial charge in [0, 0.05) is 0 Å². The normalized spacial score (nSPS) is 16.8. The van der Waals surface area contributed by atoms with E-state index in [9.17, 15) is 5.11 Å². The minimum absolute atomic E-state index is 0.0248. The summed E-state index contributed by atoms with van der Waals surface area (Å²) in [5.41, 5.74) is 4.75. The predicted octanol–water partition coefficient (Wildman–Crippen LogP) is 10.5. The summed E-state index contributed by atoms with van der Waals surface area (Å²) in [5.74, 6) is 2.83. The van der Waals surface area contributed by atoms with Gasteiger partial charge in [-0.1, -0.05) is 96.1 Å². The maximum atomic E-state index is 9.97. The molecule has 0 fully saturated rings. The molecule has 1 aliphatic rings. The lowest BCUT2D eigenvalue weighted by Crippen LogP contribution is -2.50. The number of hydrogen-bond donors (Lipinski definition) is 1. The topological polar surface area (TPSA) is 47.9 Å². The van der Waals surface area contributed by atoms with Gasteiger partial charge < -0.3 is 19.0 Å². The van der Waals surface area contributed by atoms with Crippen LogP contribution in [0.3, 0.4) is 0 Å². The van der Waals surface area contributed by atoms with E-state index >= 15 is 0 Å². The first-order chi connectivity index (χ1) is 20.2. The summed E-state index contributed by atoms with van der Waals surface area (Å²) in [7, 11) is -2.11. The van der Waals surface area contributed by atoms with E-state index in [4.69, 9.17) is 13.9 Å². The molecule has 4 aromatic carbocycles. The van der Waals surface area contributed by atoms with Crippen molar-refractivity contribution < 1.29 is 19.0 Å². The van der Waals surface area contributed by atoms with Gasteiger partial charge in [-0.15, -0.1) is 11.8 Å². The fourth-order valence-corrected chi connectivity index (χ4v) is 12.9. The minimum atomic E-state index is -2.11. The van der Waals surface area contributed by atoms with Crippen molar-refractivity contribution in [3.8, 4) is 23.0 Å². The average molecular weight is 599 g/mol. The lowest BCUT2D eigenvalue weighted by atomic mass is 10.00. The highest BCUT2D eigenvalue weighted by atomic mass is 32.2. The van der Waals surface area contributed by atoms with Gasteiger partial charge in [0.25, 0.3) is 8.32 Å². The Kier molecular flexibility index (Phi) is 9.24. The first-order valence-corrected chi connectivity index (χ1v) is 17.9. The van der Waals surface area contributed by atoms with Crippen molar-refractivity contribution in [2.24, 2.45) is 0 Å². The molecule has 0 saturated carbocycles. The molecule has 0 amide bonds. The number of ether oxygens (including phenoxy) is 2. The van der Waals surface area contributed by atoms with Crippen molar-refractivity contribution in [1.29, 1.82) is 0 Å². The Morgan fingerprint density at radius 1 is 0.738 bits per heavy atom. The zero-order valence-corrected chi connectivity index (χ0v) is 27.2. The van der Waals surface area contributed by atoms with Crippen LogP contribution in [0.5, 0.6) is 23.0 Å². The third-order valence-electron chi connectivity index (χ3n) is 8.36. The van der Waals surface area contributed by atoms with Gasteiger partial charge in [-0.25, -0.2) is 0 Å². The van der Waals surface area contributed by atoms with Gasteiger partial charge in [0.2, 0.25) is 0 Å². The fraction of sp³-hybridized carbons (Fsp3) is 0.333. The van der Waals surface area contributed by atoms with Gasteiger partial charge in [0.1, 0.15) is 35.7 Å². The van der Waals surface area contributed by atoms with Crippen molar-refractivity contribution in [2.45, 2.75) is 81.0 Å². The molecule has 5 rings (SSSR count). The van der Waals surface area contributed by atoms with E-state index in [2.05, 4.69) is 84.0 Å². The molecular weight excluding hydrogens is 557 g/mol. The first-order valence-electron chi connectivity index (χ1n) is 14.9. The SMILES string of the molecule is CC(C)[Si](Oc1cccc([C@H]2Sc3cc(OCc4ccccc4)ccc3O[C@H]2c2ccc(O)cc2)c1)(C(C)C)C(C)C. The Morgan fingerprint density at radius 3 is 2.10 bits per heavy atom. The van der Waals surface area contributed by atoms with E-state index in [-0.39, 0.29) is 17.1 Å².